The van der Waals surface area contributed by atoms with Crippen LogP contribution in [0.4, 0.5) is 0 Å². The van der Waals surface area contributed by atoms with E-state index >= 15 is 0 Å². The van der Waals surface area contributed by atoms with Gasteiger partial charge in [0.1, 0.15) is 11.5 Å². The predicted molar refractivity (Wildman–Crippen MR) is 77.1 cm³/mol. The van der Waals surface area contributed by atoms with Crippen LogP contribution in [0.2, 0.25) is 0 Å². The second kappa shape index (κ2) is 4.74. The maximum Gasteiger partial charge on any atom is 0.181 e. The van der Waals surface area contributed by atoms with E-state index in [-0.39, 0.29) is 17.3 Å². The maximum atomic E-state index is 12.2. The Bertz CT molecular complexity index is 606. The zero-order valence-electron chi connectivity index (χ0n) is 12.0. The lowest BCUT2D eigenvalue weighted by atomic mass is 9.63. The summed E-state index contributed by atoms with van der Waals surface area (Å²) in [5, 5.41) is 10.3. The molecule has 0 saturated heterocycles. The van der Waals surface area contributed by atoms with Gasteiger partial charge in [-0.05, 0) is 56.9 Å². The van der Waals surface area contributed by atoms with Gasteiger partial charge in [-0.3, -0.25) is 4.79 Å². The van der Waals surface area contributed by atoms with Crippen LogP contribution >= 0.6 is 0 Å². The maximum absolute atomic E-state index is 12.2. The number of aliphatic hydroxyl groups excluding tert-OH is 1. The molecule has 0 unspecified atom stereocenters. The van der Waals surface area contributed by atoms with E-state index in [9.17, 15) is 9.90 Å². The fraction of sp³-hybridized carbons (Fsp3) is 0.471. The first-order valence-corrected chi connectivity index (χ1v) is 7.19. The molecule has 3 nitrogen and oxygen atoms in total. The van der Waals surface area contributed by atoms with Crippen LogP contribution in [0, 0.1) is 12.3 Å². The lowest BCUT2D eigenvalue weighted by Crippen LogP contribution is -2.40. The Morgan fingerprint density at radius 1 is 1.45 bits per heavy atom. The lowest BCUT2D eigenvalue weighted by molar-refractivity contribution is -0.112. The third-order valence-electron chi connectivity index (χ3n) is 4.65. The normalized spacial score (nSPS) is 32.1. The van der Waals surface area contributed by atoms with Gasteiger partial charge in [0.2, 0.25) is 0 Å². The molecule has 0 bridgehead atoms. The van der Waals surface area contributed by atoms with E-state index in [0.29, 0.717) is 12.2 Å². The monoisotopic (exact) mass is 272 g/mol. The molecule has 1 saturated carbocycles. The molecule has 1 aromatic rings. The molecular formula is C17H20O3. The molecule has 1 fully saturated rings. The van der Waals surface area contributed by atoms with Crippen molar-refractivity contribution in [1.29, 1.82) is 0 Å². The van der Waals surface area contributed by atoms with E-state index in [0.717, 1.165) is 36.2 Å². The Hall–Kier alpha value is -1.61. The van der Waals surface area contributed by atoms with Crippen LogP contribution in [-0.2, 0) is 4.79 Å². The Kier molecular flexibility index (Phi) is 3.17. The molecule has 106 valence electrons. The summed E-state index contributed by atoms with van der Waals surface area (Å²) < 4.78 is 5.52. The summed E-state index contributed by atoms with van der Waals surface area (Å²) in [5.41, 5.74) is 1.54. The smallest absolute Gasteiger partial charge is 0.181 e. The van der Waals surface area contributed by atoms with Crippen LogP contribution in [0.15, 0.2) is 33.8 Å². The van der Waals surface area contributed by atoms with Crippen molar-refractivity contribution < 1.29 is 14.3 Å². The molecule has 2 atom stereocenters. The first-order valence-electron chi connectivity index (χ1n) is 7.19. The zero-order valence-corrected chi connectivity index (χ0v) is 12.0. The Morgan fingerprint density at radius 3 is 2.95 bits per heavy atom. The van der Waals surface area contributed by atoms with Gasteiger partial charge in [0.05, 0.1) is 6.10 Å². The van der Waals surface area contributed by atoms with Crippen LogP contribution in [-0.4, -0.2) is 17.0 Å². The highest BCUT2D eigenvalue weighted by Gasteiger charge is 2.43. The molecule has 3 rings (SSSR count). The summed E-state index contributed by atoms with van der Waals surface area (Å²) in [7, 11) is 0. The number of fused-ring (bicyclic) bond motifs is 1. The topological polar surface area (TPSA) is 50.4 Å². The van der Waals surface area contributed by atoms with E-state index in [1.54, 1.807) is 6.08 Å². The molecule has 0 aliphatic heterocycles. The number of rotatable bonds is 1. The number of hydrogen-bond acceptors (Lipinski definition) is 3. The molecule has 2 aliphatic rings. The molecule has 20 heavy (non-hydrogen) atoms. The van der Waals surface area contributed by atoms with E-state index in [1.165, 1.54) is 0 Å². The zero-order chi connectivity index (χ0) is 14.3. The fourth-order valence-corrected chi connectivity index (χ4v) is 3.33. The van der Waals surface area contributed by atoms with Crippen molar-refractivity contribution in [3.8, 4) is 0 Å². The van der Waals surface area contributed by atoms with Crippen molar-refractivity contribution >= 4 is 11.9 Å². The highest BCUT2D eigenvalue weighted by atomic mass is 16.3. The van der Waals surface area contributed by atoms with Crippen molar-refractivity contribution in [3.63, 3.8) is 0 Å². The predicted octanol–water partition coefficient (Wildman–Crippen LogP) is 3.42. The van der Waals surface area contributed by atoms with Gasteiger partial charge < -0.3 is 9.52 Å². The second-order valence-corrected chi connectivity index (χ2v) is 6.15. The van der Waals surface area contributed by atoms with E-state index < -0.39 is 0 Å². The first kappa shape index (κ1) is 13.4. The van der Waals surface area contributed by atoms with Crippen LogP contribution in [0.1, 0.15) is 44.1 Å². The number of aliphatic hydroxyl groups is 1. The highest BCUT2D eigenvalue weighted by Crippen LogP contribution is 2.48. The molecule has 1 aromatic heterocycles. The van der Waals surface area contributed by atoms with Gasteiger partial charge in [0.25, 0.3) is 0 Å². The van der Waals surface area contributed by atoms with Crippen LogP contribution in [0.3, 0.4) is 0 Å². The van der Waals surface area contributed by atoms with Gasteiger partial charge in [-0.15, -0.1) is 0 Å². The molecular weight excluding hydrogens is 252 g/mol. The minimum Gasteiger partial charge on any atom is -0.462 e. The Balaban J connectivity index is 1.97. The highest BCUT2D eigenvalue weighted by molar-refractivity contribution is 6.08. The average Bonchev–Trinajstić information content (AvgIpc) is 2.79. The van der Waals surface area contributed by atoms with Crippen molar-refractivity contribution in [2.45, 2.75) is 45.6 Å². The molecule has 0 amide bonds. The summed E-state index contributed by atoms with van der Waals surface area (Å²) in [5.74, 6) is 1.59. The van der Waals surface area contributed by atoms with Crippen molar-refractivity contribution in [2.24, 2.45) is 5.41 Å². The number of carbonyl (C=O) groups excluding carboxylic acids is 1. The van der Waals surface area contributed by atoms with Crippen molar-refractivity contribution in [1.82, 2.24) is 0 Å². The van der Waals surface area contributed by atoms with Crippen molar-refractivity contribution in [3.05, 3.63) is 40.9 Å². The summed E-state index contributed by atoms with van der Waals surface area (Å²) >= 11 is 0. The van der Waals surface area contributed by atoms with Gasteiger partial charge in [-0.1, -0.05) is 12.5 Å². The minimum atomic E-state index is -0.364. The number of allylic oxidation sites excluding steroid dienone is 2. The first-order chi connectivity index (χ1) is 9.49. The van der Waals surface area contributed by atoms with Crippen LogP contribution in [0.5, 0.6) is 0 Å². The summed E-state index contributed by atoms with van der Waals surface area (Å²) in [4.78, 5) is 12.2. The van der Waals surface area contributed by atoms with Gasteiger partial charge >= 0.3 is 0 Å². The molecule has 2 aliphatic carbocycles. The molecule has 0 radical (unpaired) electrons. The standard InChI is InChI=1S/C17H20O3/c1-11-6-7-14(20-11)8-12-10-17(2)13(9-15(12)18)4-3-5-16(17)19/h6-9,16,19H,3-5,10H2,1-2H3/b12-8+/t16-,17-/m0/s1. The van der Waals surface area contributed by atoms with Gasteiger partial charge in [-0.25, -0.2) is 0 Å². The Morgan fingerprint density at radius 2 is 2.25 bits per heavy atom. The van der Waals surface area contributed by atoms with Crippen molar-refractivity contribution in [2.75, 3.05) is 0 Å². The number of carbonyl (C=O) groups is 1. The number of aryl methyl sites for hydroxylation is 1. The van der Waals surface area contributed by atoms with Crippen LogP contribution in [0.25, 0.3) is 6.08 Å². The molecule has 0 spiro atoms. The Labute approximate surface area is 119 Å². The summed E-state index contributed by atoms with van der Waals surface area (Å²) in [6.45, 7) is 3.95. The van der Waals surface area contributed by atoms with E-state index in [4.69, 9.17) is 4.42 Å². The van der Waals surface area contributed by atoms with E-state index in [2.05, 4.69) is 6.92 Å². The molecule has 0 aromatic carbocycles. The largest absolute Gasteiger partial charge is 0.462 e. The number of furan rings is 1. The average molecular weight is 272 g/mol. The quantitative estimate of drug-likeness (QED) is 0.797. The third-order valence-corrected chi connectivity index (χ3v) is 4.65. The summed E-state index contributed by atoms with van der Waals surface area (Å²) in [6, 6.07) is 3.76. The third kappa shape index (κ3) is 2.16. The van der Waals surface area contributed by atoms with Gasteiger partial charge in [0, 0.05) is 11.0 Å². The van der Waals surface area contributed by atoms with Gasteiger partial charge in [-0.2, -0.15) is 0 Å². The molecule has 3 heteroatoms. The fourth-order valence-electron chi connectivity index (χ4n) is 3.33. The SMILES string of the molecule is Cc1ccc(/C=C2\C[C@@]3(C)C(=CC2=O)CCC[C@@H]3O)o1. The summed E-state index contributed by atoms with van der Waals surface area (Å²) in [6.07, 6.45) is 6.48. The number of hydrogen-bond donors (Lipinski definition) is 1. The minimum absolute atomic E-state index is 0.0561. The van der Waals surface area contributed by atoms with E-state index in [1.807, 2.05) is 25.1 Å². The van der Waals surface area contributed by atoms with Crippen LogP contribution < -0.4 is 0 Å². The van der Waals surface area contributed by atoms with Gasteiger partial charge in [0.15, 0.2) is 5.78 Å². The molecule has 1 heterocycles. The lowest BCUT2D eigenvalue weighted by Gasteiger charge is -2.43. The molecule has 1 N–H and O–H groups in total. The number of ketones is 1. The second-order valence-electron chi connectivity index (χ2n) is 6.15.